The summed E-state index contributed by atoms with van der Waals surface area (Å²) in [5.41, 5.74) is 6.85. The number of anilines is 2. The van der Waals surface area contributed by atoms with Gasteiger partial charge in [0.25, 0.3) is 10.0 Å². The maximum Gasteiger partial charge on any atom is 0.268 e. The van der Waals surface area contributed by atoms with Crippen molar-refractivity contribution in [2.75, 3.05) is 10.5 Å². The van der Waals surface area contributed by atoms with E-state index in [1.165, 1.54) is 9.36 Å². The van der Waals surface area contributed by atoms with E-state index in [2.05, 4.69) is 14.9 Å². The summed E-state index contributed by atoms with van der Waals surface area (Å²) in [4.78, 5) is -0.00569. The number of hydrogen-bond acceptors (Lipinski definition) is 5. The predicted octanol–water partition coefficient (Wildman–Crippen LogP) is 0.153. The number of sulfonamides is 1. The van der Waals surface area contributed by atoms with Gasteiger partial charge >= 0.3 is 0 Å². The molecule has 19 heavy (non-hydrogen) atoms. The van der Waals surface area contributed by atoms with E-state index in [-0.39, 0.29) is 10.7 Å². The lowest BCUT2D eigenvalue weighted by Gasteiger charge is -2.07. The normalized spacial score (nSPS) is 11.8. The highest BCUT2D eigenvalue weighted by Crippen LogP contribution is 2.24. The molecule has 2 aromatic heterocycles. The lowest BCUT2D eigenvalue weighted by Crippen LogP contribution is -2.17. The van der Waals surface area contributed by atoms with Crippen molar-refractivity contribution in [1.29, 1.82) is 0 Å². The number of nitrogens with zero attached hydrogens (tertiary/aromatic N) is 4. The minimum atomic E-state index is -3.78. The Morgan fingerprint density at radius 2 is 1.84 bits per heavy atom. The third kappa shape index (κ3) is 2.28. The standard InChI is InChI=1S/C10H16N6O2S/c1-6-5-8(16(4)12-6)14-19(17,18)9-7(2)15(3)13-10(9)11/h5,14H,1-4H3,(H2,11,13). The quantitative estimate of drug-likeness (QED) is 0.834. The summed E-state index contributed by atoms with van der Waals surface area (Å²) in [6.45, 7) is 3.42. The van der Waals surface area contributed by atoms with E-state index in [0.29, 0.717) is 11.5 Å². The number of nitrogens with one attached hydrogen (secondary N) is 1. The molecular formula is C10H16N6O2S. The summed E-state index contributed by atoms with van der Waals surface area (Å²) in [7, 11) is -0.487. The Hall–Kier alpha value is -2.03. The van der Waals surface area contributed by atoms with Gasteiger partial charge < -0.3 is 5.73 Å². The summed E-state index contributed by atoms with van der Waals surface area (Å²) in [6.07, 6.45) is 0. The molecule has 0 fully saturated rings. The van der Waals surface area contributed by atoms with E-state index >= 15 is 0 Å². The molecule has 8 nitrogen and oxygen atoms in total. The monoisotopic (exact) mass is 284 g/mol. The highest BCUT2D eigenvalue weighted by atomic mass is 32.2. The van der Waals surface area contributed by atoms with E-state index in [9.17, 15) is 8.42 Å². The van der Waals surface area contributed by atoms with Crippen molar-refractivity contribution in [2.24, 2.45) is 14.1 Å². The second-order valence-corrected chi connectivity index (χ2v) is 5.94. The first-order chi connectivity index (χ1) is 8.72. The van der Waals surface area contributed by atoms with Crippen molar-refractivity contribution < 1.29 is 8.42 Å². The van der Waals surface area contributed by atoms with Crippen molar-refractivity contribution in [3.8, 4) is 0 Å². The number of nitrogen functional groups attached to an aromatic ring is 1. The Kier molecular flexibility index (Phi) is 3.01. The first kappa shape index (κ1) is 13.4. The summed E-state index contributed by atoms with van der Waals surface area (Å²) in [5.74, 6) is 0.353. The molecule has 0 spiro atoms. The van der Waals surface area contributed by atoms with Crippen LogP contribution in [0.15, 0.2) is 11.0 Å². The Bertz CT molecular complexity index is 728. The Morgan fingerprint density at radius 1 is 1.21 bits per heavy atom. The number of rotatable bonds is 3. The predicted molar refractivity (Wildman–Crippen MR) is 71.1 cm³/mol. The van der Waals surface area contributed by atoms with Gasteiger partial charge in [-0.25, -0.2) is 8.42 Å². The van der Waals surface area contributed by atoms with Gasteiger partial charge in [-0.3, -0.25) is 14.1 Å². The molecule has 0 aliphatic carbocycles. The van der Waals surface area contributed by atoms with Crippen molar-refractivity contribution in [1.82, 2.24) is 19.6 Å². The van der Waals surface area contributed by atoms with Gasteiger partial charge in [0, 0.05) is 20.2 Å². The molecule has 0 saturated carbocycles. The van der Waals surface area contributed by atoms with Gasteiger partial charge in [0.15, 0.2) is 10.7 Å². The van der Waals surface area contributed by atoms with Crippen LogP contribution < -0.4 is 10.5 Å². The van der Waals surface area contributed by atoms with E-state index < -0.39 is 10.0 Å². The molecule has 0 radical (unpaired) electrons. The van der Waals surface area contributed by atoms with Crippen LogP contribution in [0.2, 0.25) is 0 Å². The molecule has 0 aliphatic rings. The van der Waals surface area contributed by atoms with Crippen LogP contribution in [-0.2, 0) is 24.1 Å². The van der Waals surface area contributed by atoms with Crippen LogP contribution in [0.5, 0.6) is 0 Å². The topological polar surface area (TPSA) is 108 Å². The molecule has 2 rings (SSSR count). The molecular weight excluding hydrogens is 268 g/mol. The summed E-state index contributed by atoms with van der Waals surface area (Å²) in [5, 5.41) is 7.98. The fraction of sp³-hybridized carbons (Fsp3) is 0.400. The van der Waals surface area contributed by atoms with Crippen LogP contribution in [-0.4, -0.2) is 28.0 Å². The molecule has 0 aliphatic heterocycles. The van der Waals surface area contributed by atoms with E-state index in [1.54, 1.807) is 34.0 Å². The number of hydrogen-bond donors (Lipinski definition) is 2. The smallest absolute Gasteiger partial charge is 0.268 e. The lowest BCUT2D eigenvalue weighted by atomic mass is 10.5. The fourth-order valence-corrected chi connectivity index (χ4v) is 3.25. The highest BCUT2D eigenvalue weighted by Gasteiger charge is 2.25. The Balaban J connectivity index is 2.46. The Labute approximate surface area is 111 Å². The lowest BCUT2D eigenvalue weighted by molar-refractivity contribution is 0.599. The van der Waals surface area contributed by atoms with Crippen LogP contribution in [0.3, 0.4) is 0 Å². The molecule has 0 unspecified atom stereocenters. The van der Waals surface area contributed by atoms with Gasteiger partial charge in [-0.15, -0.1) is 0 Å². The van der Waals surface area contributed by atoms with Gasteiger partial charge in [-0.2, -0.15) is 10.2 Å². The molecule has 0 saturated heterocycles. The van der Waals surface area contributed by atoms with E-state index in [1.807, 2.05) is 0 Å². The van der Waals surface area contributed by atoms with Gasteiger partial charge in [0.05, 0.1) is 11.4 Å². The highest BCUT2D eigenvalue weighted by molar-refractivity contribution is 7.93. The van der Waals surface area contributed by atoms with Crippen molar-refractivity contribution in [3.63, 3.8) is 0 Å². The average Bonchev–Trinajstić information content (AvgIpc) is 2.68. The Morgan fingerprint density at radius 3 is 2.26 bits per heavy atom. The van der Waals surface area contributed by atoms with E-state index in [4.69, 9.17) is 5.73 Å². The zero-order chi connectivity index (χ0) is 14.4. The third-order valence-electron chi connectivity index (χ3n) is 2.81. The molecule has 0 bridgehead atoms. The second-order valence-electron chi connectivity index (χ2n) is 4.32. The largest absolute Gasteiger partial charge is 0.381 e. The first-order valence-electron chi connectivity index (χ1n) is 5.55. The minimum absolute atomic E-state index is 0.00569. The number of nitrogens with two attached hydrogens (primary N) is 1. The van der Waals surface area contributed by atoms with Crippen LogP contribution >= 0.6 is 0 Å². The zero-order valence-electron chi connectivity index (χ0n) is 11.2. The van der Waals surface area contributed by atoms with E-state index in [0.717, 1.165) is 5.69 Å². The van der Waals surface area contributed by atoms with Crippen LogP contribution in [0, 0.1) is 13.8 Å². The first-order valence-corrected chi connectivity index (χ1v) is 7.03. The molecule has 2 aromatic rings. The minimum Gasteiger partial charge on any atom is -0.381 e. The number of aryl methyl sites for hydroxylation is 3. The summed E-state index contributed by atoms with van der Waals surface area (Å²) in [6, 6.07) is 1.64. The summed E-state index contributed by atoms with van der Waals surface area (Å²) < 4.78 is 30.0. The fourth-order valence-electron chi connectivity index (χ4n) is 1.84. The van der Waals surface area contributed by atoms with Crippen molar-refractivity contribution in [3.05, 3.63) is 17.5 Å². The van der Waals surface area contributed by atoms with Crippen molar-refractivity contribution in [2.45, 2.75) is 18.7 Å². The third-order valence-corrected chi connectivity index (χ3v) is 4.33. The SMILES string of the molecule is Cc1cc(NS(=O)(=O)c2c(N)nn(C)c2C)n(C)n1. The van der Waals surface area contributed by atoms with Gasteiger partial charge in [0.1, 0.15) is 5.82 Å². The maximum absolute atomic E-state index is 12.3. The van der Waals surface area contributed by atoms with Crippen LogP contribution in [0.1, 0.15) is 11.4 Å². The van der Waals surface area contributed by atoms with Gasteiger partial charge in [0.2, 0.25) is 0 Å². The van der Waals surface area contributed by atoms with Crippen LogP contribution in [0.25, 0.3) is 0 Å². The van der Waals surface area contributed by atoms with Crippen molar-refractivity contribution >= 4 is 21.7 Å². The molecule has 0 amide bonds. The van der Waals surface area contributed by atoms with Crippen LogP contribution in [0.4, 0.5) is 11.6 Å². The zero-order valence-corrected chi connectivity index (χ0v) is 12.0. The van der Waals surface area contributed by atoms with Gasteiger partial charge in [-0.05, 0) is 13.8 Å². The molecule has 2 heterocycles. The maximum atomic E-state index is 12.3. The molecule has 3 N–H and O–H groups in total. The molecule has 9 heteroatoms. The number of aromatic nitrogens is 4. The average molecular weight is 284 g/mol. The molecule has 104 valence electrons. The summed E-state index contributed by atoms with van der Waals surface area (Å²) >= 11 is 0. The second kappa shape index (κ2) is 4.26. The molecule has 0 atom stereocenters. The molecule has 0 aromatic carbocycles. The van der Waals surface area contributed by atoms with Gasteiger partial charge in [-0.1, -0.05) is 0 Å².